The van der Waals surface area contributed by atoms with Gasteiger partial charge in [-0.1, -0.05) is 99.1 Å². The zero-order chi connectivity index (χ0) is 32.7. The molecule has 3 aromatic carbocycles. The predicted molar refractivity (Wildman–Crippen MR) is 182 cm³/mol. The van der Waals surface area contributed by atoms with Gasteiger partial charge in [0.15, 0.2) is 0 Å². The molecule has 0 saturated heterocycles. The second-order valence-corrected chi connectivity index (χ2v) is 14.8. The van der Waals surface area contributed by atoms with E-state index in [2.05, 4.69) is 19.2 Å². The summed E-state index contributed by atoms with van der Waals surface area (Å²) in [6.45, 7) is 7.41. The lowest BCUT2D eigenvalue weighted by molar-refractivity contribution is -0.140. The standard InChI is InChI=1S/C35H43Cl2N3O4S/c1-5-33(35(42)38-28-9-7-6-8-10-28)39(22-26-13-20-31(36)32(37)21-26)34(41)23-40(29-16-14-27(15-17-29)24(2)3)45(43,44)30-18-11-25(4)12-19-30/h11-21,24,28,33H,5-10,22-23H2,1-4H3,(H,38,42). The van der Waals surface area contributed by atoms with Gasteiger partial charge in [-0.25, -0.2) is 8.42 Å². The average molecular weight is 673 g/mol. The van der Waals surface area contributed by atoms with E-state index in [4.69, 9.17) is 23.2 Å². The van der Waals surface area contributed by atoms with Gasteiger partial charge < -0.3 is 10.2 Å². The Morgan fingerprint density at radius 3 is 2.13 bits per heavy atom. The smallest absolute Gasteiger partial charge is 0.264 e. The number of halogens is 2. The van der Waals surface area contributed by atoms with Gasteiger partial charge >= 0.3 is 0 Å². The second-order valence-electron chi connectivity index (χ2n) is 12.1. The molecule has 7 nitrogen and oxygen atoms in total. The van der Waals surface area contributed by atoms with Crippen molar-refractivity contribution >= 4 is 50.7 Å². The minimum Gasteiger partial charge on any atom is -0.352 e. The summed E-state index contributed by atoms with van der Waals surface area (Å²) < 4.78 is 29.4. The summed E-state index contributed by atoms with van der Waals surface area (Å²) in [5, 5.41) is 3.87. The molecule has 4 rings (SSSR count). The Morgan fingerprint density at radius 2 is 1.56 bits per heavy atom. The molecule has 1 aliphatic rings. The Bertz CT molecular complexity index is 1570. The van der Waals surface area contributed by atoms with Crippen molar-refractivity contribution in [2.45, 2.75) is 95.7 Å². The molecule has 0 aliphatic heterocycles. The van der Waals surface area contributed by atoms with Crippen molar-refractivity contribution in [3.05, 3.63) is 93.5 Å². The maximum atomic E-state index is 14.4. The van der Waals surface area contributed by atoms with E-state index in [0.29, 0.717) is 27.7 Å². The van der Waals surface area contributed by atoms with Crippen LogP contribution in [-0.2, 0) is 26.2 Å². The first-order valence-electron chi connectivity index (χ1n) is 15.6. The summed E-state index contributed by atoms with van der Waals surface area (Å²) in [5.74, 6) is -0.500. The molecule has 1 atom stereocenters. The van der Waals surface area contributed by atoms with Crippen LogP contribution in [0.5, 0.6) is 0 Å². The number of hydrogen-bond acceptors (Lipinski definition) is 4. The van der Waals surface area contributed by atoms with Crippen molar-refractivity contribution in [2.24, 2.45) is 0 Å². The fourth-order valence-corrected chi connectivity index (χ4v) is 7.43. The van der Waals surface area contributed by atoms with E-state index < -0.39 is 28.5 Å². The summed E-state index contributed by atoms with van der Waals surface area (Å²) in [6, 6.07) is 18.1. The normalized spacial score (nSPS) is 14.6. The van der Waals surface area contributed by atoms with Gasteiger partial charge in [0.05, 0.1) is 20.6 Å². The molecule has 3 aromatic rings. The van der Waals surface area contributed by atoms with Gasteiger partial charge in [-0.05, 0) is 79.6 Å². The summed E-state index contributed by atoms with van der Waals surface area (Å²) in [7, 11) is -4.15. The molecule has 1 fully saturated rings. The molecular weight excluding hydrogens is 629 g/mol. The summed E-state index contributed by atoms with van der Waals surface area (Å²) in [4.78, 5) is 29.6. The molecule has 0 spiro atoms. The highest BCUT2D eigenvalue weighted by atomic mass is 35.5. The van der Waals surface area contributed by atoms with Crippen LogP contribution < -0.4 is 9.62 Å². The lowest BCUT2D eigenvalue weighted by Gasteiger charge is -2.34. The summed E-state index contributed by atoms with van der Waals surface area (Å²) >= 11 is 12.5. The molecule has 1 unspecified atom stereocenters. The average Bonchev–Trinajstić information content (AvgIpc) is 3.02. The van der Waals surface area contributed by atoms with Gasteiger partial charge in [0.1, 0.15) is 12.6 Å². The largest absolute Gasteiger partial charge is 0.352 e. The number of nitrogens with one attached hydrogen (secondary N) is 1. The van der Waals surface area contributed by atoms with E-state index >= 15 is 0 Å². The SMILES string of the molecule is CCC(C(=O)NC1CCCCC1)N(Cc1ccc(Cl)c(Cl)c1)C(=O)CN(c1ccc(C(C)C)cc1)S(=O)(=O)c1ccc(C)cc1. The van der Waals surface area contributed by atoms with Gasteiger partial charge in [0.25, 0.3) is 10.0 Å². The number of anilines is 1. The maximum Gasteiger partial charge on any atom is 0.264 e. The number of sulfonamides is 1. The molecule has 0 radical (unpaired) electrons. The number of benzene rings is 3. The summed E-state index contributed by atoms with van der Waals surface area (Å²) in [6.07, 6.45) is 5.40. The number of nitrogens with zero attached hydrogens (tertiary/aromatic N) is 2. The Hall–Kier alpha value is -3.07. The molecule has 45 heavy (non-hydrogen) atoms. The Morgan fingerprint density at radius 1 is 0.911 bits per heavy atom. The maximum absolute atomic E-state index is 14.4. The van der Waals surface area contributed by atoms with Crippen molar-refractivity contribution in [3.63, 3.8) is 0 Å². The number of amides is 2. The lowest BCUT2D eigenvalue weighted by Crippen LogP contribution is -2.54. The molecule has 2 amide bonds. The van der Waals surface area contributed by atoms with Gasteiger partial charge in [0.2, 0.25) is 11.8 Å². The zero-order valence-electron chi connectivity index (χ0n) is 26.4. The Balaban J connectivity index is 1.73. The minimum absolute atomic E-state index is 0.0526. The van der Waals surface area contributed by atoms with Crippen molar-refractivity contribution < 1.29 is 18.0 Å². The van der Waals surface area contributed by atoms with Crippen LogP contribution in [0.3, 0.4) is 0 Å². The van der Waals surface area contributed by atoms with E-state index in [9.17, 15) is 18.0 Å². The molecular formula is C35H43Cl2N3O4S. The Labute approximate surface area is 278 Å². The van der Waals surface area contributed by atoms with Gasteiger partial charge in [-0.15, -0.1) is 0 Å². The highest BCUT2D eigenvalue weighted by molar-refractivity contribution is 7.92. The van der Waals surface area contributed by atoms with Crippen LogP contribution in [-0.4, -0.2) is 43.8 Å². The zero-order valence-corrected chi connectivity index (χ0v) is 28.8. The number of carbonyl (C=O) groups is 2. The highest BCUT2D eigenvalue weighted by Crippen LogP contribution is 2.28. The van der Waals surface area contributed by atoms with Crippen LogP contribution in [0.4, 0.5) is 5.69 Å². The molecule has 10 heteroatoms. The van der Waals surface area contributed by atoms with Crippen LogP contribution in [0, 0.1) is 6.92 Å². The van der Waals surface area contributed by atoms with Crippen LogP contribution in [0.2, 0.25) is 10.0 Å². The molecule has 0 bridgehead atoms. The van der Waals surface area contributed by atoms with Crippen LogP contribution >= 0.6 is 23.2 Å². The van der Waals surface area contributed by atoms with Crippen molar-refractivity contribution in [2.75, 3.05) is 10.8 Å². The van der Waals surface area contributed by atoms with E-state index in [1.165, 1.54) is 4.90 Å². The summed E-state index contributed by atoms with van der Waals surface area (Å²) in [5.41, 5.74) is 3.00. The van der Waals surface area contributed by atoms with Crippen molar-refractivity contribution in [3.8, 4) is 0 Å². The van der Waals surface area contributed by atoms with Gasteiger partial charge in [0, 0.05) is 12.6 Å². The van der Waals surface area contributed by atoms with E-state index in [1.54, 1.807) is 54.6 Å². The first-order valence-corrected chi connectivity index (χ1v) is 17.8. The molecule has 1 N–H and O–H groups in total. The minimum atomic E-state index is -4.15. The van der Waals surface area contributed by atoms with Crippen LogP contribution in [0.1, 0.15) is 81.9 Å². The van der Waals surface area contributed by atoms with E-state index in [0.717, 1.165) is 47.5 Å². The third kappa shape index (κ3) is 8.81. The Kier molecular flexibility index (Phi) is 12.0. The first kappa shape index (κ1) is 34.8. The first-order chi connectivity index (χ1) is 21.4. The van der Waals surface area contributed by atoms with Crippen molar-refractivity contribution in [1.82, 2.24) is 10.2 Å². The molecule has 242 valence electrons. The van der Waals surface area contributed by atoms with Crippen molar-refractivity contribution in [1.29, 1.82) is 0 Å². The monoisotopic (exact) mass is 671 g/mol. The lowest BCUT2D eigenvalue weighted by atomic mass is 9.95. The fraction of sp³-hybridized carbons (Fsp3) is 0.429. The van der Waals surface area contributed by atoms with Crippen LogP contribution in [0.25, 0.3) is 0 Å². The fourth-order valence-electron chi connectivity index (χ4n) is 5.69. The van der Waals surface area contributed by atoms with E-state index in [-0.39, 0.29) is 29.3 Å². The van der Waals surface area contributed by atoms with E-state index in [1.807, 2.05) is 26.0 Å². The number of rotatable bonds is 12. The molecule has 1 aliphatic carbocycles. The third-order valence-corrected chi connectivity index (χ3v) is 10.9. The topological polar surface area (TPSA) is 86.8 Å². The number of hydrogen-bond donors (Lipinski definition) is 1. The quantitative estimate of drug-likeness (QED) is 0.212. The molecule has 0 heterocycles. The second kappa shape index (κ2) is 15.5. The van der Waals surface area contributed by atoms with Gasteiger partial charge in [-0.2, -0.15) is 0 Å². The van der Waals surface area contributed by atoms with Crippen LogP contribution in [0.15, 0.2) is 71.6 Å². The highest BCUT2D eigenvalue weighted by Gasteiger charge is 2.34. The van der Waals surface area contributed by atoms with Gasteiger partial charge in [-0.3, -0.25) is 13.9 Å². The number of carbonyl (C=O) groups excluding carboxylic acids is 2. The molecule has 0 aromatic heterocycles. The number of aryl methyl sites for hydroxylation is 1. The predicted octanol–water partition coefficient (Wildman–Crippen LogP) is 7.88. The molecule has 1 saturated carbocycles. The third-order valence-electron chi connectivity index (χ3n) is 8.41.